The first-order chi connectivity index (χ1) is 39.2. The van der Waals surface area contributed by atoms with E-state index >= 15 is 0 Å². The molecular weight excluding hydrogens is 958 g/mol. The third kappa shape index (κ3) is 6.25. The molecule has 16 aromatic rings. The quantitative estimate of drug-likeness (QED) is 0.0936. The number of hydrogen-bond donors (Lipinski definition) is 0. The van der Waals surface area contributed by atoms with Gasteiger partial charge in [0.1, 0.15) is 0 Å². The highest BCUT2D eigenvalue weighted by Gasteiger charge is 2.39. The van der Waals surface area contributed by atoms with Crippen LogP contribution in [0.1, 0.15) is 50.7 Å². The van der Waals surface area contributed by atoms with E-state index in [0.717, 1.165) is 0 Å². The molecule has 0 fully saturated rings. The summed E-state index contributed by atoms with van der Waals surface area (Å²) in [7, 11) is 0. The largest absolute Gasteiger partial charge is 0.243 e. The first-order valence-electron chi connectivity index (χ1n) is 28.9. The monoisotopic (exact) mass is 1010 g/mol. The van der Waals surface area contributed by atoms with Crippen molar-refractivity contribution in [1.29, 1.82) is 0 Å². The zero-order valence-corrected chi connectivity index (χ0v) is 45.2. The average Bonchev–Trinajstić information content (AvgIpc) is 4.11. The van der Waals surface area contributed by atoms with E-state index in [1.807, 2.05) is 0 Å². The number of hydrogen-bond acceptors (Lipinski definition) is 0. The van der Waals surface area contributed by atoms with E-state index < -0.39 is 0 Å². The standard InChI is InChI=1S/C78H52B2/c1-43(2)65-41-75(79-71-37-57-29-49-17-9-5-13-45(49)25-53(57)33-67(71)68-34-54-26-46-14-6-10-18-50(46)30-58(54)38-72(68)79)63-24-22-62-66(44(3)4)42-76(64-23-21-61(65)77(63)78(62)64)80-73-39-59-31-51-19-11-7-15-47(51)27-55(59)35-69(73)70-36-56-28-48-16-8-12-20-52(48)32-60(56)40-74(70)80/h5-44H,1-4H3. The van der Waals surface area contributed by atoms with Crippen LogP contribution in [0.15, 0.2) is 231 Å². The van der Waals surface area contributed by atoms with Crippen LogP contribution in [0.3, 0.4) is 0 Å². The van der Waals surface area contributed by atoms with Crippen molar-refractivity contribution < 1.29 is 0 Å². The van der Waals surface area contributed by atoms with Crippen molar-refractivity contribution in [1.82, 2.24) is 0 Å². The summed E-state index contributed by atoms with van der Waals surface area (Å²) in [5.41, 5.74) is 16.6. The van der Waals surface area contributed by atoms with Gasteiger partial charge in [-0.15, -0.1) is 0 Å². The molecule has 0 bridgehead atoms. The van der Waals surface area contributed by atoms with Gasteiger partial charge in [-0.1, -0.05) is 218 Å². The lowest BCUT2D eigenvalue weighted by atomic mass is 9.37. The Morgan fingerprint density at radius 2 is 0.438 bits per heavy atom. The molecule has 2 heterocycles. The Labute approximate surface area is 465 Å². The first kappa shape index (κ1) is 44.7. The summed E-state index contributed by atoms with van der Waals surface area (Å²) in [4.78, 5) is 0. The Hall–Kier alpha value is -9.23. The van der Waals surface area contributed by atoms with E-state index in [1.165, 1.54) is 185 Å². The van der Waals surface area contributed by atoms with Gasteiger partial charge >= 0.3 is 0 Å². The molecule has 0 radical (unpaired) electrons. The molecule has 0 N–H and O–H groups in total. The molecule has 2 heteroatoms. The molecule has 0 unspecified atom stereocenters. The van der Waals surface area contributed by atoms with Gasteiger partial charge in [-0.25, -0.2) is 0 Å². The Morgan fingerprint density at radius 1 is 0.212 bits per heavy atom. The topological polar surface area (TPSA) is 0 Å². The lowest BCUT2D eigenvalue weighted by Gasteiger charge is -2.25. The van der Waals surface area contributed by atoms with Crippen molar-refractivity contribution in [2.45, 2.75) is 39.5 Å². The fourth-order valence-electron chi connectivity index (χ4n) is 15.5. The Kier molecular flexibility index (Phi) is 9.05. The van der Waals surface area contributed by atoms with Crippen molar-refractivity contribution in [3.05, 3.63) is 242 Å². The number of benzene rings is 16. The van der Waals surface area contributed by atoms with Crippen LogP contribution in [0.5, 0.6) is 0 Å². The Morgan fingerprint density at radius 3 is 0.675 bits per heavy atom. The third-order valence-corrected chi connectivity index (χ3v) is 19.2. The van der Waals surface area contributed by atoms with Crippen molar-refractivity contribution >= 4 is 165 Å². The smallest absolute Gasteiger partial charge is 0.0623 e. The zero-order valence-electron chi connectivity index (χ0n) is 45.2. The van der Waals surface area contributed by atoms with Gasteiger partial charge in [-0.05, 0) is 237 Å². The van der Waals surface area contributed by atoms with Crippen molar-refractivity contribution in [2.75, 3.05) is 0 Å². The zero-order chi connectivity index (χ0) is 52.8. The lowest BCUT2D eigenvalue weighted by molar-refractivity contribution is 0.877. The molecule has 0 saturated heterocycles. The van der Waals surface area contributed by atoms with Gasteiger partial charge in [-0.2, -0.15) is 0 Å². The Bertz CT molecular complexity index is 4860. The molecule has 0 aromatic heterocycles. The van der Waals surface area contributed by atoms with Crippen LogP contribution >= 0.6 is 0 Å². The third-order valence-electron chi connectivity index (χ3n) is 19.2. The molecule has 0 amide bonds. The Balaban J connectivity index is 0.936. The lowest BCUT2D eigenvalue weighted by Crippen LogP contribution is -2.50. The normalized spacial score (nSPS) is 13.2. The van der Waals surface area contributed by atoms with Crippen molar-refractivity contribution in [3.8, 4) is 22.3 Å². The summed E-state index contributed by atoms with van der Waals surface area (Å²) in [5, 5.41) is 28.9. The highest BCUT2D eigenvalue weighted by molar-refractivity contribution is 7.01. The highest BCUT2D eigenvalue weighted by Crippen LogP contribution is 2.43. The van der Waals surface area contributed by atoms with Crippen LogP contribution in [-0.2, 0) is 0 Å². The predicted molar refractivity (Wildman–Crippen MR) is 351 cm³/mol. The minimum Gasteiger partial charge on any atom is -0.0623 e. The minimum atomic E-state index is 0.0279. The van der Waals surface area contributed by atoms with Crippen LogP contribution in [0.4, 0.5) is 0 Å². The van der Waals surface area contributed by atoms with Gasteiger partial charge in [0, 0.05) is 0 Å². The van der Waals surface area contributed by atoms with E-state index in [9.17, 15) is 0 Å². The van der Waals surface area contributed by atoms with Crippen LogP contribution in [0.25, 0.3) is 141 Å². The molecule has 18 rings (SSSR count). The fraction of sp³-hybridized carbons (Fsp3) is 0.0769. The molecule has 0 spiro atoms. The molecule has 80 heavy (non-hydrogen) atoms. The van der Waals surface area contributed by atoms with Gasteiger partial charge in [-0.3, -0.25) is 0 Å². The van der Waals surface area contributed by atoms with Crippen molar-refractivity contribution in [3.63, 3.8) is 0 Å². The molecule has 0 aliphatic carbocycles. The van der Waals surface area contributed by atoms with E-state index in [-0.39, 0.29) is 13.4 Å². The number of fused-ring (bicyclic) bond motifs is 14. The maximum Gasteiger partial charge on any atom is 0.243 e. The van der Waals surface area contributed by atoms with Crippen LogP contribution in [0.2, 0.25) is 0 Å². The molecule has 2 aliphatic heterocycles. The second-order valence-electron chi connectivity index (χ2n) is 24.3. The van der Waals surface area contributed by atoms with Crippen LogP contribution in [-0.4, -0.2) is 13.4 Å². The van der Waals surface area contributed by atoms with Crippen LogP contribution in [0, 0.1) is 0 Å². The number of rotatable bonds is 4. The molecule has 16 aromatic carbocycles. The molecule has 370 valence electrons. The summed E-state index contributed by atoms with van der Waals surface area (Å²) >= 11 is 0. The van der Waals surface area contributed by atoms with E-state index in [2.05, 4.69) is 258 Å². The summed E-state index contributed by atoms with van der Waals surface area (Å²) in [6, 6.07) is 90.2. The fourth-order valence-corrected chi connectivity index (χ4v) is 15.5. The minimum absolute atomic E-state index is 0.0279. The molecule has 0 nitrogen and oxygen atoms in total. The summed E-state index contributed by atoms with van der Waals surface area (Å²) < 4.78 is 0. The second-order valence-corrected chi connectivity index (χ2v) is 24.3. The van der Waals surface area contributed by atoms with Gasteiger partial charge in [0.2, 0.25) is 13.4 Å². The van der Waals surface area contributed by atoms with Gasteiger partial charge in [0.05, 0.1) is 0 Å². The van der Waals surface area contributed by atoms with Crippen molar-refractivity contribution in [2.24, 2.45) is 0 Å². The van der Waals surface area contributed by atoms with Gasteiger partial charge in [0.15, 0.2) is 0 Å². The molecule has 2 aliphatic rings. The molecule has 0 saturated carbocycles. The van der Waals surface area contributed by atoms with Gasteiger partial charge in [0.25, 0.3) is 0 Å². The second kappa shape index (κ2) is 16.2. The van der Waals surface area contributed by atoms with E-state index in [4.69, 9.17) is 0 Å². The molecule has 0 atom stereocenters. The summed E-state index contributed by atoms with van der Waals surface area (Å²) in [6.45, 7) is 9.68. The van der Waals surface area contributed by atoms with E-state index in [1.54, 1.807) is 0 Å². The SMILES string of the molecule is CC(C)c1cc(B2c3cc4cc5ccccc5cc4cc3-c3cc4cc5ccccc5cc4cc32)c2ccc3c(C(C)C)cc(B4c5cc6cc7ccccc7cc6cc5-c5cc6cc7ccccc7cc6cc54)c4ccc1c2c43. The van der Waals surface area contributed by atoms with Crippen LogP contribution < -0.4 is 32.8 Å². The predicted octanol–water partition coefficient (Wildman–Crippen LogP) is 17.0. The average molecular weight is 1010 g/mol. The molecular formula is C78H52B2. The maximum atomic E-state index is 2.63. The highest BCUT2D eigenvalue weighted by atomic mass is 14.3. The van der Waals surface area contributed by atoms with Gasteiger partial charge < -0.3 is 0 Å². The maximum absolute atomic E-state index is 2.63. The van der Waals surface area contributed by atoms with E-state index in [0.29, 0.717) is 11.8 Å². The summed E-state index contributed by atoms with van der Waals surface area (Å²) in [5.74, 6) is 0.604. The first-order valence-corrected chi connectivity index (χ1v) is 28.9. The summed E-state index contributed by atoms with van der Waals surface area (Å²) in [6.07, 6.45) is 0.